The van der Waals surface area contributed by atoms with Crippen LogP contribution in [0.15, 0.2) is 6.20 Å². The van der Waals surface area contributed by atoms with Crippen LogP contribution in [-0.4, -0.2) is 24.2 Å². The van der Waals surface area contributed by atoms with Crippen molar-refractivity contribution in [2.45, 2.75) is 26.8 Å². The molecule has 0 bridgehead atoms. The molecule has 1 unspecified atom stereocenters. The lowest BCUT2D eigenvalue weighted by molar-refractivity contribution is 0.298. The summed E-state index contributed by atoms with van der Waals surface area (Å²) in [6.45, 7) is 6.13. The van der Waals surface area contributed by atoms with Crippen molar-refractivity contribution in [2.24, 2.45) is 11.1 Å². The van der Waals surface area contributed by atoms with E-state index in [9.17, 15) is 0 Å². The molecule has 1 rings (SSSR count). The molecule has 5 nitrogen and oxygen atoms in total. The summed E-state index contributed by atoms with van der Waals surface area (Å²) in [6.07, 6.45) is 1.55. The molecule has 1 aromatic rings. The average Bonchev–Trinajstić information content (AvgIpc) is 2.26. The van der Waals surface area contributed by atoms with Gasteiger partial charge in [0.15, 0.2) is 0 Å². The van der Waals surface area contributed by atoms with Crippen LogP contribution in [0.25, 0.3) is 0 Å². The van der Waals surface area contributed by atoms with Crippen molar-refractivity contribution < 1.29 is 9.47 Å². The molecular formula is C11H19N3O2. The van der Waals surface area contributed by atoms with Crippen LogP contribution in [0.2, 0.25) is 0 Å². The van der Waals surface area contributed by atoms with Crippen LogP contribution in [-0.2, 0) is 0 Å². The van der Waals surface area contributed by atoms with Crippen LogP contribution in [0.4, 0.5) is 0 Å². The fraction of sp³-hybridized carbons (Fsp3) is 0.636. The topological polar surface area (TPSA) is 70.3 Å². The van der Waals surface area contributed by atoms with Crippen molar-refractivity contribution in [1.82, 2.24) is 9.97 Å². The summed E-state index contributed by atoms with van der Waals surface area (Å²) in [7, 11) is 3.08. The van der Waals surface area contributed by atoms with Gasteiger partial charge in [0.05, 0.1) is 26.5 Å². The minimum atomic E-state index is -0.235. The van der Waals surface area contributed by atoms with Crippen molar-refractivity contribution in [3.63, 3.8) is 0 Å². The van der Waals surface area contributed by atoms with Crippen molar-refractivity contribution in [1.29, 1.82) is 0 Å². The van der Waals surface area contributed by atoms with E-state index >= 15 is 0 Å². The number of rotatable bonds is 3. The molecule has 0 aliphatic carbocycles. The summed E-state index contributed by atoms with van der Waals surface area (Å²) in [5.74, 6) is 0.837. The van der Waals surface area contributed by atoms with Gasteiger partial charge in [-0.15, -0.1) is 0 Å². The Morgan fingerprint density at radius 3 is 2.31 bits per heavy atom. The molecule has 16 heavy (non-hydrogen) atoms. The number of nitrogens with zero attached hydrogens (tertiary/aromatic N) is 2. The molecule has 0 aliphatic heterocycles. The van der Waals surface area contributed by atoms with Crippen LogP contribution in [0, 0.1) is 5.41 Å². The summed E-state index contributed by atoms with van der Waals surface area (Å²) >= 11 is 0. The highest BCUT2D eigenvalue weighted by Gasteiger charge is 2.27. The largest absolute Gasteiger partial charge is 0.480 e. The number of ether oxygens (including phenoxy) is 2. The van der Waals surface area contributed by atoms with Gasteiger partial charge in [0.25, 0.3) is 0 Å². The van der Waals surface area contributed by atoms with E-state index in [1.165, 1.54) is 7.11 Å². The molecular weight excluding hydrogens is 206 g/mol. The molecule has 0 amide bonds. The molecule has 0 saturated carbocycles. The SMILES string of the molecule is COc1cnc(C(N)C(C)(C)C)c(OC)n1. The molecule has 90 valence electrons. The summed E-state index contributed by atoms with van der Waals surface area (Å²) in [4.78, 5) is 8.41. The van der Waals surface area contributed by atoms with Gasteiger partial charge in [-0.1, -0.05) is 20.8 Å². The second kappa shape index (κ2) is 4.65. The van der Waals surface area contributed by atoms with Gasteiger partial charge in [-0.25, -0.2) is 4.98 Å². The quantitative estimate of drug-likeness (QED) is 0.845. The maximum absolute atomic E-state index is 6.12. The zero-order valence-corrected chi connectivity index (χ0v) is 10.4. The summed E-state index contributed by atoms with van der Waals surface area (Å²) in [5, 5.41) is 0. The maximum atomic E-state index is 6.12. The molecule has 1 heterocycles. The van der Waals surface area contributed by atoms with E-state index in [-0.39, 0.29) is 11.5 Å². The van der Waals surface area contributed by atoms with Crippen LogP contribution in [0.1, 0.15) is 32.5 Å². The third kappa shape index (κ3) is 2.61. The van der Waals surface area contributed by atoms with Crippen LogP contribution < -0.4 is 15.2 Å². The van der Waals surface area contributed by atoms with E-state index < -0.39 is 0 Å². The Morgan fingerprint density at radius 2 is 1.88 bits per heavy atom. The number of aromatic nitrogens is 2. The van der Waals surface area contributed by atoms with Gasteiger partial charge in [0.1, 0.15) is 5.69 Å². The minimum absolute atomic E-state index is 0.101. The number of hydrogen-bond acceptors (Lipinski definition) is 5. The summed E-state index contributed by atoms with van der Waals surface area (Å²) in [6, 6.07) is -0.235. The number of nitrogens with two attached hydrogens (primary N) is 1. The molecule has 0 aromatic carbocycles. The van der Waals surface area contributed by atoms with Gasteiger partial charge in [-0.05, 0) is 5.41 Å². The van der Waals surface area contributed by atoms with E-state index in [1.54, 1.807) is 13.3 Å². The first-order valence-corrected chi connectivity index (χ1v) is 5.10. The molecule has 0 radical (unpaired) electrons. The Labute approximate surface area is 96.0 Å². The van der Waals surface area contributed by atoms with Gasteiger partial charge in [-0.3, -0.25) is 0 Å². The van der Waals surface area contributed by atoms with Crippen LogP contribution in [0.5, 0.6) is 11.8 Å². The lowest BCUT2D eigenvalue weighted by Crippen LogP contribution is -2.28. The van der Waals surface area contributed by atoms with E-state index in [0.717, 1.165) is 0 Å². The Morgan fingerprint density at radius 1 is 1.25 bits per heavy atom. The first-order valence-electron chi connectivity index (χ1n) is 5.10. The predicted octanol–water partition coefficient (Wildman–Crippen LogP) is 1.54. The first kappa shape index (κ1) is 12.7. The van der Waals surface area contributed by atoms with Gasteiger partial charge in [-0.2, -0.15) is 4.98 Å². The second-order valence-corrected chi connectivity index (χ2v) is 4.65. The number of methoxy groups -OCH3 is 2. The Hall–Kier alpha value is -1.36. The van der Waals surface area contributed by atoms with Gasteiger partial charge in [0, 0.05) is 0 Å². The van der Waals surface area contributed by atoms with Crippen molar-refractivity contribution in [2.75, 3.05) is 14.2 Å². The maximum Gasteiger partial charge on any atom is 0.240 e. The van der Waals surface area contributed by atoms with E-state index in [1.807, 2.05) is 20.8 Å². The molecule has 1 atom stereocenters. The standard InChI is InChI=1S/C11H19N3O2/c1-11(2,3)9(12)8-10(16-5)14-7(15-4)6-13-8/h6,9H,12H2,1-5H3. The average molecular weight is 225 g/mol. The molecule has 1 aromatic heterocycles. The van der Waals surface area contributed by atoms with Crippen LogP contribution >= 0.6 is 0 Å². The Kier molecular flexibility index (Phi) is 3.70. The zero-order valence-electron chi connectivity index (χ0n) is 10.4. The van der Waals surface area contributed by atoms with Gasteiger partial charge >= 0.3 is 0 Å². The van der Waals surface area contributed by atoms with Crippen molar-refractivity contribution in [3.05, 3.63) is 11.9 Å². The third-order valence-corrected chi connectivity index (χ3v) is 2.38. The summed E-state index contributed by atoms with van der Waals surface area (Å²) < 4.78 is 10.2. The van der Waals surface area contributed by atoms with Gasteiger partial charge < -0.3 is 15.2 Å². The van der Waals surface area contributed by atoms with Gasteiger partial charge in [0.2, 0.25) is 11.8 Å². The van der Waals surface area contributed by atoms with E-state index in [0.29, 0.717) is 17.5 Å². The van der Waals surface area contributed by atoms with Crippen molar-refractivity contribution in [3.8, 4) is 11.8 Å². The summed E-state index contributed by atoms with van der Waals surface area (Å²) in [5.41, 5.74) is 6.66. The lowest BCUT2D eigenvalue weighted by atomic mass is 9.85. The number of hydrogen-bond donors (Lipinski definition) is 1. The Balaban J connectivity index is 3.14. The predicted molar refractivity (Wildman–Crippen MR) is 61.5 cm³/mol. The van der Waals surface area contributed by atoms with Crippen LogP contribution in [0.3, 0.4) is 0 Å². The van der Waals surface area contributed by atoms with Crippen molar-refractivity contribution >= 4 is 0 Å². The smallest absolute Gasteiger partial charge is 0.240 e. The highest BCUT2D eigenvalue weighted by molar-refractivity contribution is 5.26. The molecule has 0 aliphatic rings. The monoisotopic (exact) mass is 225 g/mol. The normalized spacial score (nSPS) is 13.4. The molecule has 0 fully saturated rings. The molecule has 0 saturated heterocycles. The molecule has 0 spiro atoms. The first-order chi connectivity index (χ1) is 7.40. The third-order valence-electron chi connectivity index (χ3n) is 2.38. The Bertz CT molecular complexity index is 361. The highest BCUT2D eigenvalue weighted by Crippen LogP contribution is 2.33. The fourth-order valence-electron chi connectivity index (χ4n) is 1.24. The zero-order chi connectivity index (χ0) is 12.3. The fourth-order valence-corrected chi connectivity index (χ4v) is 1.24. The van der Waals surface area contributed by atoms with E-state index in [4.69, 9.17) is 15.2 Å². The molecule has 2 N–H and O–H groups in total. The highest BCUT2D eigenvalue weighted by atomic mass is 16.5. The second-order valence-electron chi connectivity index (χ2n) is 4.65. The lowest BCUT2D eigenvalue weighted by Gasteiger charge is -2.27. The molecule has 5 heteroatoms. The minimum Gasteiger partial charge on any atom is -0.480 e. The van der Waals surface area contributed by atoms with E-state index in [2.05, 4.69) is 9.97 Å².